The molecule has 0 amide bonds. The molecule has 0 bridgehead atoms. The molecule has 0 saturated heterocycles. The van der Waals surface area contributed by atoms with E-state index in [1.807, 2.05) is 0 Å². The highest BCUT2D eigenvalue weighted by Gasteiger charge is 2.29. The topological polar surface area (TPSA) is 9.49 Å². The number of hydrogen-bond acceptors (Lipinski definition) is 2. The van der Waals surface area contributed by atoms with E-state index in [0.717, 1.165) is 13.1 Å². The Hall–Kier alpha value is -0.730. The second kappa shape index (κ2) is 4.67. The smallest absolute Gasteiger partial charge is 0.267 e. The molecule has 1 aliphatic rings. The molecule has 0 aromatic rings. The van der Waals surface area contributed by atoms with Gasteiger partial charge in [0.25, 0.3) is 0 Å². The molecule has 0 saturated carbocycles. The first-order valence-electron chi connectivity index (χ1n) is 5.67. The Morgan fingerprint density at radius 2 is 2.00 bits per heavy atom. The molecule has 1 heterocycles. The van der Waals surface area contributed by atoms with Crippen molar-refractivity contribution in [1.29, 1.82) is 0 Å². The molecule has 3 nitrogen and oxygen atoms in total. The summed E-state index contributed by atoms with van der Waals surface area (Å²) in [6.07, 6.45) is 1.26. The molecule has 0 radical (unpaired) electrons. The van der Waals surface area contributed by atoms with Gasteiger partial charge in [-0.3, -0.25) is 14.4 Å². The summed E-state index contributed by atoms with van der Waals surface area (Å²) in [7, 11) is 4.39. The third-order valence-corrected chi connectivity index (χ3v) is 3.25. The predicted octanol–water partition coefficient (Wildman–Crippen LogP) is 1.05. The van der Waals surface area contributed by atoms with Gasteiger partial charge in [0.05, 0.1) is 39.8 Å². The second-order valence-corrected chi connectivity index (χ2v) is 4.14. The highest BCUT2D eigenvalue weighted by Crippen LogP contribution is 2.09. The van der Waals surface area contributed by atoms with Crippen molar-refractivity contribution < 1.29 is 4.58 Å². The summed E-state index contributed by atoms with van der Waals surface area (Å²) >= 11 is 0. The molecule has 3 heteroatoms. The highest BCUT2D eigenvalue weighted by atomic mass is 15.4. The zero-order chi connectivity index (χ0) is 10.7. The molecule has 0 aromatic carbocycles. The lowest BCUT2D eigenvalue weighted by molar-refractivity contribution is -0.550. The third kappa shape index (κ3) is 2.02. The molecule has 0 aliphatic carbocycles. The molecular weight excluding hydrogens is 174 g/mol. The summed E-state index contributed by atoms with van der Waals surface area (Å²) in [5.41, 5.74) is 0. The SMILES string of the molecule is CCN(CC)C1=[N+](C)C(C)CCN1C. The van der Waals surface area contributed by atoms with E-state index in [1.165, 1.54) is 18.9 Å². The molecular formula is C11H24N3+. The van der Waals surface area contributed by atoms with Gasteiger partial charge in [-0.05, 0) is 20.8 Å². The fourth-order valence-electron chi connectivity index (χ4n) is 2.11. The summed E-state index contributed by atoms with van der Waals surface area (Å²) in [4.78, 5) is 4.79. The molecule has 0 spiro atoms. The predicted molar refractivity (Wildman–Crippen MR) is 60.8 cm³/mol. The van der Waals surface area contributed by atoms with Crippen LogP contribution in [0.2, 0.25) is 0 Å². The fraction of sp³-hybridized carbons (Fsp3) is 0.909. The maximum atomic E-state index is 2.43. The average Bonchev–Trinajstić information content (AvgIpc) is 2.19. The molecule has 1 atom stereocenters. The van der Waals surface area contributed by atoms with Crippen LogP contribution in [0.3, 0.4) is 0 Å². The van der Waals surface area contributed by atoms with E-state index in [2.05, 4.69) is 49.2 Å². The van der Waals surface area contributed by atoms with Crippen LogP contribution in [0.5, 0.6) is 0 Å². The van der Waals surface area contributed by atoms with Crippen LogP contribution in [0.15, 0.2) is 0 Å². The van der Waals surface area contributed by atoms with Crippen molar-refractivity contribution >= 4 is 5.96 Å². The molecule has 0 N–H and O–H groups in total. The number of hydrogen-bond donors (Lipinski definition) is 0. The van der Waals surface area contributed by atoms with Crippen molar-refractivity contribution in [2.75, 3.05) is 33.7 Å². The lowest BCUT2D eigenvalue weighted by atomic mass is 10.2. The van der Waals surface area contributed by atoms with E-state index in [4.69, 9.17) is 0 Å². The summed E-state index contributed by atoms with van der Waals surface area (Å²) < 4.78 is 2.40. The van der Waals surface area contributed by atoms with Gasteiger partial charge in [-0.15, -0.1) is 0 Å². The van der Waals surface area contributed by atoms with Gasteiger partial charge in [0, 0.05) is 6.42 Å². The first-order chi connectivity index (χ1) is 6.61. The molecule has 0 fully saturated rings. The van der Waals surface area contributed by atoms with Crippen molar-refractivity contribution in [3.05, 3.63) is 0 Å². The summed E-state index contributed by atoms with van der Waals surface area (Å²) in [6, 6.07) is 0.668. The minimum atomic E-state index is 0.668. The summed E-state index contributed by atoms with van der Waals surface area (Å²) in [5, 5.41) is 0. The second-order valence-electron chi connectivity index (χ2n) is 4.14. The largest absolute Gasteiger partial charge is 0.350 e. The van der Waals surface area contributed by atoms with Gasteiger partial charge in [-0.25, -0.2) is 0 Å². The zero-order valence-electron chi connectivity index (χ0n) is 10.2. The standard InChI is InChI=1S/C11H24N3/c1-6-14(7-2)11-12(4)9-8-10(3)13(11)5/h10H,6-9H2,1-5H3/q+1. The Labute approximate surface area is 88.0 Å². The Kier molecular flexibility index (Phi) is 3.78. The molecule has 0 aromatic heterocycles. The lowest BCUT2D eigenvalue weighted by Gasteiger charge is -2.32. The summed E-state index contributed by atoms with van der Waals surface area (Å²) in [5.74, 6) is 1.38. The molecule has 82 valence electrons. The van der Waals surface area contributed by atoms with Gasteiger partial charge in [0.2, 0.25) is 0 Å². The zero-order valence-corrected chi connectivity index (χ0v) is 10.2. The van der Waals surface area contributed by atoms with Crippen molar-refractivity contribution in [1.82, 2.24) is 9.80 Å². The van der Waals surface area contributed by atoms with Gasteiger partial charge < -0.3 is 0 Å². The first kappa shape index (κ1) is 11.3. The minimum absolute atomic E-state index is 0.668. The molecule has 14 heavy (non-hydrogen) atoms. The Bertz CT molecular complexity index is 219. The highest BCUT2D eigenvalue weighted by molar-refractivity contribution is 5.75. The van der Waals surface area contributed by atoms with Crippen molar-refractivity contribution in [2.24, 2.45) is 0 Å². The normalized spacial score (nSPS) is 22.9. The average molecular weight is 198 g/mol. The quantitative estimate of drug-likeness (QED) is 0.614. The lowest BCUT2D eigenvalue weighted by Crippen LogP contribution is -2.53. The van der Waals surface area contributed by atoms with Crippen LogP contribution in [0.1, 0.15) is 27.2 Å². The van der Waals surface area contributed by atoms with Crippen LogP contribution in [-0.4, -0.2) is 60.1 Å². The van der Waals surface area contributed by atoms with Gasteiger partial charge >= 0.3 is 5.96 Å². The fourth-order valence-corrected chi connectivity index (χ4v) is 2.11. The maximum Gasteiger partial charge on any atom is 0.350 e. The molecule has 1 rings (SSSR count). The van der Waals surface area contributed by atoms with Crippen molar-refractivity contribution in [2.45, 2.75) is 33.2 Å². The van der Waals surface area contributed by atoms with Crippen molar-refractivity contribution in [3.8, 4) is 0 Å². The first-order valence-corrected chi connectivity index (χ1v) is 5.67. The van der Waals surface area contributed by atoms with Crippen LogP contribution in [-0.2, 0) is 0 Å². The van der Waals surface area contributed by atoms with Crippen LogP contribution >= 0.6 is 0 Å². The van der Waals surface area contributed by atoms with E-state index < -0.39 is 0 Å². The van der Waals surface area contributed by atoms with E-state index in [1.54, 1.807) is 0 Å². The van der Waals surface area contributed by atoms with E-state index in [-0.39, 0.29) is 0 Å². The number of nitrogens with zero attached hydrogens (tertiary/aromatic N) is 3. The van der Waals surface area contributed by atoms with Gasteiger partial charge in [0.1, 0.15) is 0 Å². The number of rotatable bonds is 2. The maximum absolute atomic E-state index is 2.43. The molecule has 1 aliphatic heterocycles. The van der Waals surface area contributed by atoms with Gasteiger partial charge in [-0.2, -0.15) is 0 Å². The Morgan fingerprint density at radius 1 is 1.43 bits per heavy atom. The van der Waals surface area contributed by atoms with E-state index in [0.29, 0.717) is 6.04 Å². The van der Waals surface area contributed by atoms with Gasteiger partial charge in [0.15, 0.2) is 0 Å². The van der Waals surface area contributed by atoms with Gasteiger partial charge in [-0.1, -0.05) is 0 Å². The molecule has 1 unspecified atom stereocenters. The number of guanidine groups is 1. The Morgan fingerprint density at radius 3 is 2.50 bits per heavy atom. The van der Waals surface area contributed by atoms with Crippen molar-refractivity contribution in [3.63, 3.8) is 0 Å². The minimum Gasteiger partial charge on any atom is -0.267 e. The Balaban J connectivity index is 2.94. The van der Waals surface area contributed by atoms with Crippen LogP contribution < -0.4 is 0 Å². The monoisotopic (exact) mass is 198 g/mol. The van der Waals surface area contributed by atoms with Crippen LogP contribution in [0.4, 0.5) is 0 Å². The third-order valence-electron chi connectivity index (χ3n) is 3.25. The van der Waals surface area contributed by atoms with Crippen LogP contribution in [0.25, 0.3) is 0 Å². The van der Waals surface area contributed by atoms with Crippen LogP contribution in [0, 0.1) is 0 Å². The van der Waals surface area contributed by atoms with E-state index in [9.17, 15) is 0 Å². The van der Waals surface area contributed by atoms with E-state index >= 15 is 0 Å². The summed E-state index contributed by atoms with van der Waals surface area (Å²) in [6.45, 7) is 10.1.